The summed E-state index contributed by atoms with van der Waals surface area (Å²) in [6.07, 6.45) is 0. The number of fused-ring (bicyclic) bond motifs is 4. The molecule has 0 unspecified atom stereocenters. The fourth-order valence-corrected chi connectivity index (χ4v) is 7.52. The first-order valence-electron chi connectivity index (χ1n) is 11.5. The topological polar surface area (TPSA) is 92.5 Å². The van der Waals surface area contributed by atoms with Gasteiger partial charge in [0.2, 0.25) is 5.91 Å². The number of ketones is 1. The molecule has 2 saturated heterocycles. The second kappa shape index (κ2) is 8.03. The SMILES string of the molecule is Cc1ccc2c(c1)[C@]1(C(=O)N2)[C@H](C(=O)c2ccccc2)[C@H](c2cccc([N+](=O)[O-])c2)[C@H]2CSCN21. The van der Waals surface area contributed by atoms with Crippen molar-refractivity contribution in [3.63, 3.8) is 0 Å². The van der Waals surface area contributed by atoms with E-state index in [0.717, 1.165) is 28.1 Å². The number of Topliss-reactive ketones (excluding diaryl/α,β-unsaturated/α-hetero) is 1. The normalized spacial score (nSPS) is 27.0. The van der Waals surface area contributed by atoms with Gasteiger partial charge in [0.15, 0.2) is 5.78 Å². The maximum Gasteiger partial charge on any atom is 0.269 e. The first-order valence-corrected chi connectivity index (χ1v) is 12.7. The molecule has 35 heavy (non-hydrogen) atoms. The molecular formula is C27H23N3O4S. The molecule has 6 rings (SSSR count). The number of thioether (sulfide) groups is 1. The molecule has 8 heteroatoms. The highest BCUT2D eigenvalue weighted by Gasteiger charge is 2.69. The van der Waals surface area contributed by atoms with E-state index in [-0.39, 0.29) is 29.3 Å². The number of rotatable bonds is 4. The van der Waals surface area contributed by atoms with Crippen LogP contribution in [0.4, 0.5) is 11.4 Å². The van der Waals surface area contributed by atoms with Crippen LogP contribution in [0.15, 0.2) is 72.8 Å². The van der Waals surface area contributed by atoms with Crippen LogP contribution >= 0.6 is 11.8 Å². The van der Waals surface area contributed by atoms with Gasteiger partial charge in [0, 0.05) is 52.5 Å². The van der Waals surface area contributed by atoms with Crippen molar-refractivity contribution >= 4 is 34.8 Å². The summed E-state index contributed by atoms with van der Waals surface area (Å²) in [5.74, 6) is -0.0908. The minimum atomic E-state index is -1.18. The third kappa shape index (κ3) is 3.10. The lowest BCUT2D eigenvalue weighted by Crippen LogP contribution is -2.52. The maximum atomic E-state index is 14.3. The summed E-state index contributed by atoms with van der Waals surface area (Å²) in [5.41, 5.74) is 2.61. The number of hydrogen-bond acceptors (Lipinski definition) is 6. The van der Waals surface area contributed by atoms with Crippen molar-refractivity contribution in [2.75, 3.05) is 16.9 Å². The Morgan fingerprint density at radius 2 is 1.91 bits per heavy atom. The van der Waals surface area contributed by atoms with Crippen molar-refractivity contribution in [1.82, 2.24) is 4.90 Å². The number of carbonyl (C=O) groups excluding carboxylic acids is 2. The standard InChI is InChI=1S/C27H23N3O4S/c1-16-10-11-21-20(12-16)27(26(32)28-21)24(25(31)17-6-3-2-4-7-17)23(22-14-35-15-29(22)27)18-8-5-9-19(13-18)30(33)34/h2-13,22-24H,14-15H2,1H3,(H,28,32)/t22-,23-,24+,27-/m1/s1. The van der Waals surface area contributed by atoms with Crippen LogP contribution in [0, 0.1) is 23.0 Å². The van der Waals surface area contributed by atoms with Crippen molar-refractivity contribution < 1.29 is 14.5 Å². The van der Waals surface area contributed by atoms with Crippen LogP contribution < -0.4 is 5.32 Å². The number of hydrogen-bond donors (Lipinski definition) is 1. The number of non-ortho nitro benzene ring substituents is 1. The van der Waals surface area contributed by atoms with E-state index in [0.29, 0.717) is 11.4 Å². The number of carbonyl (C=O) groups is 2. The van der Waals surface area contributed by atoms with Gasteiger partial charge in [0.1, 0.15) is 5.54 Å². The first kappa shape index (κ1) is 22.0. The lowest BCUT2D eigenvalue weighted by Gasteiger charge is -2.36. The minimum absolute atomic E-state index is 0.0151. The zero-order valence-corrected chi connectivity index (χ0v) is 19.8. The molecule has 0 bridgehead atoms. The summed E-state index contributed by atoms with van der Waals surface area (Å²) in [6, 6.07) is 21.4. The predicted octanol–water partition coefficient (Wildman–Crippen LogP) is 4.72. The summed E-state index contributed by atoms with van der Waals surface area (Å²) >= 11 is 1.73. The van der Waals surface area contributed by atoms with Gasteiger partial charge in [-0.3, -0.25) is 24.6 Å². The second-order valence-corrected chi connectivity index (χ2v) is 10.4. The van der Waals surface area contributed by atoms with E-state index < -0.39 is 16.4 Å². The van der Waals surface area contributed by atoms with E-state index in [1.165, 1.54) is 6.07 Å². The molecule has 2 fully saturated rings. The fraction of sp³-hybridized carbons (Fsp3) is 0.259. The largest absolute Gasteiger partial charge is 0.324 e. The van der Waals surface area contributed by atoms with Gasteiger partial charge in [-0.1, -0.05) is 60.2 Å². The third-order valence-corrected chi connectivity index (χ3v) is 8.62. The molecule has 0 aromatic heterocycles. The van der Waals surface area contributed by atoms with Crippen molar-refractivity contribution in [2.45, 2.75) is 24.4 Å². The van der Waals surface area contributed by atoms with Crippen molar-refractivity contribution in [3.05, 3.63) is 105 Å². The van der Waals surface area contributed by atoms with E-state index in [1.807, 2.05) is 49.4 Å². The van der Waals surface area contributed by atoms with Gasteiger partial charge in [-0.2, -0.15) is 0 Å². The van der Waals surface area contributed by atoms with Gasteiger partial charge < -0.3 is 5.32 Å². The number of anilines is 1. The fourth-order valence-electron chi connectivity index (χ4n) is 6.19. The van der Waals surface area contributed by atoms with Crippen LogP contribution in [-0.2, 0) is 10.3 Å². The number of nitrogens with one attached hydrogen (secondary N) is 1. The summed E-state index contributed by atoms with van der Waals surface area (Å²) in [6.45, 7) is 1.98. The molecule has 176 valence electrons. The summed E-state index contributed by atoms with van der Waals surface area (Å²) < 4.78 is 0. The van der Waals surface area contributed by atoms with Crippen molar-refractivity contribution in [3.8, 4) is 0 Å². The summed E-state index contributed by atoms with van der Waals surface area (Å²) in [5, 5.41) is 14.7. The first-order chi connectivity index (χ1) is 16.9. The van der Waals surface area contributed by atoms with Gasteiger partial charge >= 0.3 is 0 Å². The average Bonchev–Trinajstić information content (AvgIpc) is 3.52. The Hall–Kier alpha value is -3.49. The number of benzene rings is 3. The molecule has 3 aliphatic rings. The number of aryl methyl sites for hydroxylation is 1. The molecule has 0 aliphatic carbocycles. The molecule has 7 nitrogen and oxygen atoms in total. The molecule has 1 N–H and O–H groups in total. The summed E-state index contributed by atoms with van der Waals surface area (Å²) in [7, 11) is 0. The smallest absolute Gasteiger partial charge is 0.269 e. The number of nitrogens with zero attached hydrogens (tertiary/aromatic N) is 2. The molecule has 3 aromatic rings. The zero-order valence-electron chi connectivity index (χ0n) is 19.0. The lowest BCUT2D eigenvalue weighted by atomic mass is 9.69. The van der Waals surface area contributed by atoms with Crippen molar-refractivity contribution in [2.24, 2.45) is 5.92 Å². The maximum absolute atomic E-state index is 14.3. The molecule has 3 heterocycles. The molecule has 1 spiro atoms. The Balaban J connectivity index is 1.63. The van der Waals surface area contributed by atoms with Crippen LogP contribution in [0.1, 0.15) is 33.0 Å². The Morgan fingerprint density at radius 3 is 2.69 bits per heavy atom. The Morgan fingerprint density at radius 1 is 1.11 bits per heavy atom. The minimum Gasteiger partial charge on any atom is -0.324 e. The number of nitro groups is 1. The highest BCUT2D eigenvalue weighted by Crippen LogP contribution is 2.61. The molecule has 4 atom stereocenters. The van der Waals surface area contributed by atoms with Crippen LogP contribution in [0.2, 0.25) is 0 Å². The van der Waals surface area contributed by atoms with Crippen LogP contribution in [0.25, 0.3) is 0 Å². The van der Waals surface area contributed by atoms with Crippen LogP contribution in [0.3, 0.4) is 0 Å². The average molecular weight is 486 g/mol. The Bertz CT molecular complexity index is 1380. The monoisotopic (exact) mass is 485 g/mol. The molecule has 0 saturated carbocycles. The molecule has 0 radical (unpaired) electrons. The highest BCUT2D eigenvalue weighted by atomic mass is 32.2. The van der Waals surface area contributed by atoms with Crippen LogP contribution in [-0.4, -0.2) is 39.2 Å². The van der Waals surface area contributed by atoms with Gasteiger partial charge in [-0.15, -0.1) is 11.8 Å². The van der Waals surface area contributed by atoms with Gasteiger partial charge in [0.05, 0.1) is 10.8 Å². The Kier molecular flexibility index (Phi) is 5.05. The number of nitro benzene ring substituents is 1. The Labute approximate surface area is 206 Å². The van der Waals surface area contributed by atoms with Gasteiger partial charge in [-0.25, -0.2) is 0 Å². The zero-order chi connectivity index (χ0) is 24.3. The van der Waals surface area contributed by atoms with Gasteiger partial charge in [0.25, 0.3) is 5.69 Å². The highest BCUT2D eigenvalue weighted by molar-refractivity contribution is 7.99. The van der Waals surface area contributed by atoms with Crippen LogP contribution in [0.5, 0.6) is 0 Å². The van der Waals surface area contributed by atoms with E-state index >= 15 is 0 Å². The second-order valence-electron chi connectivity index (χ2n) is 9.39. The van der Waals surface area contributed by atoms with Gasteiger partial charge in [-0.05, 0) is 18.6 Å². The lowest BCUT2D eigenvalue weighted by molar-refractivity contribution is -0.384. The molecule has 3 aromatic carbocycles. The molecular weight excluding hydrogens is 462 g/mol. The van der Waals surface area contributed by atoms with Crippen molar-refractivity contribution in [1.29, 1.82) is 0 Å². The summed E-state index contributed by atoms with van der Waals surface area (Å²) in [4.78, 5) is 41.7. The molecule has 1 amide bonds. The third-order valence-electron chi connectivity index (χ3n) is 7.58. The quantitative estimate of drug-likeness (QED) is 0.327. The van der Waals surface area contributed by atoms with E-state index in [2.05, 4.69) is 10.2 Å². The number of amides is 1. The molecule has 3 aliphatic heterocycles. The van der Waals surface area contributed by atoms with E-state index in [1.54, 1.807) is 36.0 Å². The van der Waals surface area contributed by atoms with E-state index in [9.17, 15) is 19.7 Å². The predicted molar refractivity (Wildman–Crippen MR) is 135 cm³/mol. The van der Waals surface area contributed by atoms with E-state index in [4.69, 9.17) is 0 Å².